The Labute approximate surface area is 207 Å². The average molecular weight is 501 g/mol. The highest BCUT2D eigenvalue weighted by atomic mass is 35.5. The molecule has 9 heteroatoms. The molecule has 176 valence electrons. The number of pyridine rings is 1. The van der Waals surface area contributed by atoms with Crippen LogP contribution in [-0.4, -0.2) is 36.2 Å². The van der Waals surface area contributed by atoms with E-state index in [0.717, 1.165) is 25.9 Å². The Morgan fingerprint density at radius 2 is 2.00 bits per heavy atom. The number of hydrogen-bond donors (Lipinski definition) is 1. The van der Waals surface area contributed by atoms with Gasteiger partial charge < -0.3 is 19.7 Å². The third-order valence-electron chi connectivity index (χ3n) is 5.70. The fourth-order valence-electron chi connectivity index (χ4n) is 3.96. The molecule has 1 aliphatic rings. The number of halogens is 3. The number of nitriles is 1. The van der Waals surface area contributed by atoms with Crippen molar-refractivity contribution in [1.29, 1.82) is 5.26 Å². The van der Waals surface area contributed by atoms with Crippen molar-refractivity contribution >= 4 is 45.5 Å². The molecule has 1 fully saturated rings. The fraction of sp³-hybridized carbons (Fsp3) is 0.280. The molecule has 0 bridgehead atoms. The van der Waals surface area contributed by atoms with Crippen LogP contribution in [0.2, 0.25) is 10.0 Å². The normalized spacial score (nSPS) is 14.4. The van der Waals surface area contributed by atoms with Gasteiger partial charge in [-0.2, -0.15) is 5.26 Å². The molecule has 0 aliphatic carbocycles. The topological polar surface area (TPSA) is 70.4 Å². The first-order valence-electron chi connectivity index (χ1n) is 10.8. The van der Waals surface area contributed by atoms with Gasteiger partial charge >= 0.3 is 0 Å². The Kier molecular flexibility index (Phi) is 7.30. The number of likely N-dealkylation sites (tertiary alicyclic amines) is 1. The minimum Gasteiger partial charge on any atom is -0.493 e. The van der Waals surface area contributed by atoms with Gasteiger partial charge in [0.1, 0.15) is 12.2 Å². The van der Waals surface area contributed by atoms with Crippen LogP contribution in [0.4, 0.5) is 15.8 Å². The number of rotatable bonds is 6. The van der Waals surface area contributed by atoms with Crippen LogP contribution in [0.25, 0.3) is 10.9 Å². The van der Waals surface area contributed by atoms with E-state index in [1.807, 2.05) is 13.0 Å². The van der Waals surface area contributed by atoms with E-state index in [2.05, 4.69) is 27.5 Å². The molecule has 2 aromatic carbocycles. The van der Waals surface area contributed by atoms with Crippen LogP contribution in [0.1, 0.15) is 25.3 Å². The molecule has 0 saturated carbocycles. The molecular formula is C25H23Cl2FN4O2. The number of ether oxygens (including phenoxy) is 2. The quantitative estimate of drug-likeness (QED) is 0.380. The van der Waals surface area contributed by atoms with Crippen molar-refractivity contribution in [2.45, 2.75) is 25.9 Å². The number of piperidine rings is 1. The van der Waals surface area contributed by atoms with Gasteiger partial charge in [-0.05, 0) is 31.3 Å². The molecule has 0 atom stereocenters. The van der Waals surface area contributed by atoms with Crippen LogP contribution in [0.3, 0.4) is 0 Å². The number of aromatic nitrogens is 1. The predicted octanol–water partition coefficient (Wildman–Crippen LogP) is 6.68. The summed E-state index contributed by atoms with van der Waals surface area (Å²) in [5, 5.41) is 13.2. The lowest BCUT2D eigenvalue weighted by atomic mass is 10.1. The number of fused-ring (bicyclic) bond motifs is 1. The highest BCUT2D eigenvalue weighted by Gasteiger charge is 2.22. The Bertz CT molecular complexity index is 1280. The van der Waals surface area contributed by atoms with Gasteiger partial charge in [0.15, 0.2) is 17.3 Å². The summed E-state index contributed by atoms with van der Waals surface area (Å²) in [7, 11) is 1.57. The highest BCUT2D eigenvalue weighted by Crippen LogP contribution is 2.39. The van der Waals surface area contributed by atoms with Gasteiger partial charge in [-0.1, -0.05) is 29.3 Å². The van der Waals surface area contributed by atoms with Gasteiger partial charge in [-0.25, -0.2) is 4.39 Å². The lowest BCUT2D eigenvalue weighted by Gasteiger charge is -2.31. The first-order valence-corrected chi connectivity index (χ1v) is 11.6. The molecule has 1 saturated heterocycles. The molecule has 0 amide bonds. The third kappa shape index (κ3) is 4.84. The van der Waals surface area contributed by atoms with Crippen LogP contribution in [-0.2, 0) is 0 Å². The lowest BCUT2D eigenvalue weighted by molar-refractivity contribution is 0.119. The van der Waals surface area contributed by atoms with Crippen molar-refractivity contribution in [3.8, 4) is 17.6 Å². The monoisotopic (exact) mass is 500 g/mol. The van der Waals surface area contributed by atoms with Gasteiger partial charge in [-0.3, -0.25) is 4.98 Å². The van der Waals surface area contributed by atoms with Gasteiger partial charge in [0, 0.05) is 43.6 Å². The largest absolute Gasteiger partial charge is 0.493 e. The molecule has 3 aromatic rings. The van der Waals surface area contributed by atoms with Crippen LogP contribution < -0.4 is 14.8 Å². The number of benzene rings is 2. The van der Waals surface area contributed by atoms with Crippen molar-refractivity contribution in [3.63, 3.8) is 0 Å². The summed E-state index contributed by atoms with van der Waals surface area (Å²) in [4.78, 5) is 6.64. The van der Waals surface area contributed by atoms with E-state index in [0.29, 0.717) is 28.1 Å². The van der Waals surface area contributed by atoms with Crippen molar-refractivity contribution < 1.29 is 13.9 Å². The second kappa shape index (κ2) is 10.4. The number of allylic oxidation sites excluding steroid dienone is 1. The number of anilines is 2. The molecule has 0 radical (unpaired) electrons. The second-order valence-electron chi connectivity index (χ2n) is 7.86. The summed E-state index contributed by atoms with van der Waals surface area (Å²) in [6, 6.07) is 8.59. The Morgan fingerprint density at radius 3 is 2.68 bits per heavy atom. The van der Waals surface area contributed by atoms with Crippen molar-refractivity contribution in [3.05, 3.63) is 64.2 Å². The summed E-state index contributed by atoms with van der Waals surface area (Å²) < 4.78 is 26.6. The van der Waals surface area contributed by atoms with E-state index in [-0.39, 0.29) is 27.4 Å². The highest BCUT2D eigenvalue weighted by molar-refractivity contribution is 6.42. The molecule has 34 heavy (non-hydrogen) atoms. The van der Waals surface area contributed by atoms with Crippen molar-refractivity contribution in [2.24, 2.45) is 0 Å². The predicted molar refractivity (Wildman–Crippen MR) is 133 cm³/mol. The zero-order chi connectivity index (χ0) is 24.2. The minimum absolute atomic E-state index is 0.0175. The van der Waals surface area contributed by atoms with E-state index in [9.17, 15) is 9.65 Å². The second-order valence-corrected chi connectivity index (χ2v) is 8.65. The zero-order valence-electron chi connectivity index (χ0n) is 18.7. The Hall–Kier alpha value is -3.21. The van der Waals surface area contributed by atoms with E-state index >= 15 is 0 Å². The zero-order valence-corrected chi connectivity index (χ0v) is 20.3. The molecule has 0 unspecified atom stereocenters. The van der Waals surface area contributed by atoms with E-state index < -0.39 is 5.82 Å². The summed E-state index contributed by atoms with van der Waals surface area (Å²) in [6.07, 6.45) is 7.28. The molecule has 1 aromatic heterocycles. The number of methoxy groups -OCH3 is 1. The molecule has 4 rings (SSSR count). The standard InChI is InChI=1S/C25H23Cl2FN4O2/c1-3-8-32-9-6-16(7-10-32)34-22-11-17-20(12-21(22)33-2)30-14-15(13-29)25(17)31-19-5-4-18(26)23(27)24(19)28/h3-5,8,11-12,14,16H,6-7,9-10H2,1-2H3,(H,30,31). The van der Waals surface area contributed by atoms with Gasteiger partial charge in [0.05, 0.1) is 39.6 Å². The molecule has 0 spiro atoms. The van der Waals surface area contributed by atoms with Gasteiger partial charge in [0.2, 0.25) is 0 Å². The number of hydrogen-bond acceptors (Lipinski definition) is 6. The maximum Gasteiger partial charge on any atom is 0.166 e. The first kappa shape index (κ1) is 23.9. The van der Waals surface area contributed by atoms with Crippen molar-refractivity contribution in [2.75, 3.05) is 25.5 Å². The molecule has 1 N–H and O–H groups in total. The summed E-state index contributed by atoms with van der Waals surface area (Å²) in [6.45, 7) is 3.80. The molecule has 6 nitrogen and oxygen atoms in total. The summed E-state index contributed by atoms with van der Waals surface area (Å²) >= 11 is 11.9. The number of nitrogens with zero attached hydrogens (tertiary/aromatic N) is 3. The Balaban J connectivity index is 1.73. The first-order chi connectivity index (χ1) is 16.4. The van der Waals surface area contributed by atoms with Crippen LogP contribution >= 0.6 is 23.2 Å². The van der Waals surface area contributed by atoms with Crippen molar-refractivity contribution in [1.82, 2.24) is 9.88 Å². The van der Waals surface area contributed by atoms with Gasteiger partial charge in [-0.15, -0.1) is 0 Å². The van der Waals surface area contributed by atoms with E-state index in [1.165, 1.54) is 18.3 Å². The van der Waals surface area contributed by atoms with Crippen LogP contribution in [0, 0.1) is 17.1 Å². The Morgan fingerprint density at radius 1 is 1.24 bits per heavy atom. The molecular weight excluding hydrogens is 478 g/mol. The minimum atomic E-state index is -0.708. The van der Waals surface area contributed by atoms with Gasteiger partial charge in [0.25, 0.3) is 0 Å². The van der Waals surface area contributed by atoms with E-state index in [4.69, 9.17) is 32.7 Å². The lowest BCUT2D eigenvalue weighted by Crippen LogP contribution is -2.35. The number of nitrogens with one attached hydrogen (secondary N) is 1. The smallest absolute Gasteiger partial charge is 0.166 e. The maximum atomic E-state index is 14.7. The molecule has 1 aliphatic heterocycles. The van der Waals surface area contributed by atoms with E-state index in [1.54, 1.807) is 19.2 Å². The maximum absolute atomic E-state index is 14.7. The summed E-state index contributed by atoms with van der Waals surface area (Å²) in [5.74, 6) is 0.363. The average Bonchev–Trinajstić information content (AvgIpc) is 2.85. The fourth-order valence-corrected chi connectivity index (χ4v) is 4.27. The summed E-state index contributed by atoms with van der Waals surface area (Å²) in [5.41, 5.74) is 1.29. The van der Waals surface area contributed by atoms with Crippen LogP contribution in [0.15, 0.2) is 42.7 Å². The van der Waals surface area contributed by atoms with Crippen LogP contribution in [0.5, 0.6) is 11.5 Å². The third-order valence-corrected chi connectivity index (χ3v) is 6.48. The molecule has 2 heterocycles. The SMILES string of the molecule is CC=CN1CCC(Oc2cc3c(Nc4ccc(Cl)c(Cl)c4F)c(C#N)cnc3cc2OC)CC1.